The molecule has 0 spiro atoms. The van der Waals surface area contributed by atoms with Crippen molar-refractivity contribution in [3.05, 3.63) is 53.2 Å². The minimum atomic E-state index is 0.0466. The van der Waals surface area contributed by atoms with E-state index in [1.807, 2.05) is 37.8 Å². The predicted molar refractivity (Wildman–Crippen MR) is 77.7 cm³/mol. The van der Waals surface area contributed by atoms with Gasteiger partial charge in [0.2, 0.25) is 0 Å². The number of aromatic nitrogens is 1. The number of pyridine rings is 1. The van der Waals surface area contributed by atoms with Crippen molar-refractivity contribution in [2.24, 2.45) is 0 Å². The van der Waals surface area contributed by atoms with Gasteiger partial charge in [-0.2, -0.15) is 0 Å². The Bertz CT molecular complexity index is 556. The number of hydrogen-bond donors (Lipinski definition) is 0. The summed E-state index contributed by atoms with van der Waals surface area (Å²) < 4.78 is 5.32. The maximum Gasteiger partial charge on any atom is 0.257 e. The highest BCUT2D eigenvalue weighted by Crippen LogP contribution is 2.18. The van der Waals surface area contributed by atoms with Gasteiger partial charge in [-0.3, -0.25) is 9.78 Å². The van der Waals surface area contributed by atoms with Crippen molar-refractivity contribution in [2.75, 3.05) is 13.1 Å². The van der Waals surface area contributed by atoms with Gasteiger partial charge >= 0.3 is 0 Å². The van der Waals surface area contributed by atoms with E-state index in [2.05, 4.69) is 4.98 Å². The van der Waals surface area contributed by atoms with Crippen molar-refractivity contribution >= 4 is 5.91 Å². The fourth-order valence-corrected chi connectivity index (χ4v) is 2.27. The second-order valence-electron chi connectivity index (χ2n) is 4.84. The summed E-state index contributed by atoms with van der Waals surface area (Å²) in [5, 5.41) is 0. The van der Waals surface area contributed by atoms with Gasteiger partial charge in [0, 0.05) is 31.0 Å². The van der Waals surface area contributed by atoms with E-state index in [0.29, 0.717) is 24.4 Å². The van der Waals surface area contributed by atoms with Crippen LogP contribution in [-0.4, -0.2) is 28.9 Å². The third kappa shape index (κ3) is 3.07. The third-order valence-corrected chi connectivity index (χ3v) is 3.46. The van der Waals surface area contributed by atoms with Gasteiger partial charge in [0.1, 0.15) is 5.76 Å². The van der Waals surface area contributed by atoms with E-state index in [4.69, 9.17) is 4.42 Å². The number of carbonyl (C=O) groups is 1. The normalized spacial score (nSPS) is 10.6. The van der Waals surface area contributed by atoms with E-state index in [1.54, 1.807) is 18.7 Å². The van der Waals surface area contributed by atoms with Gasteiger partial charge < -0.3 is 9.32 Å². The summed E-state index contributed by atoms with van der Waals surface area (Å²) in [5.74, 6) is 0.736. The first-order chi connectivity index (χ1) is 9.63. The number of carbonyl (C=O) groups excluding carboxylic acids is 1. The van der Waals surface area contributed by atoms with Crippen LogP contribution in [0, 0.1) is 13.8 Å². The first kappa shape index (κ1) is 14.3. The molecule has 0 N–H and O–H groups in total. The summed E-state index contributed by atoms with van der Waals surface area (Å²) in [4.78, 5) is 18.4. The lowest BCUT2D eigenvalue weighted by atomic mass is 10.1. The summed E-state index contributed by atoms with van der Waals surface area (Å²) in [6.45, 7) is 7.12. The van der Waals surface area contributed by atoms with Crippen LogP contribution in [0.25, 0.3) is 0 Å². The topological polar surface area (TPSA) is 46.3 Å². The highest BCUT2D eigenvalue weighted by atomic mass is 16.3. The smallest absolute Gasteiger partial charge is 0.257 e. The average molecular weight is 272 g/mol. The first-order valence-corrected chi connectivity index (χ1v) is 6.86. The van der Waals surface area contributed by atoms with Crippen LogP contribution < -0.4 is 0 Å². The van der Waals surface area contributed by atoms with Crippen LogP contribution in [-0.2, 0) is 6.42 Å². The quantitative estimate of drug-likeness (QED) is 0.840. The molecule has 106 valence electrons. The van der Waals surface area contributed by atoms with Gasteiger partial charge in [0.25, 0.3) is 5.91 Å². The Morgan fingerprint density at radius 3 is 2.55 bits per heavy atom. The van der Waals surface area contributed by atoms with E-state index in [9.17, 15) is 4.79 Å². The molecular weight excluding hydrogens is 252 g/mol. The fraction of sp³-hybridized carbons (Fsp3) is 0.375. The maximum atomic E-state index is 12.6. The summed E-state index contributed by atoms with van der Waals surface area (Å²) in [6, 6.07) is 3.96. The molecule has 4 nitrogen and oxygen atoms in total. The molecule has 2 rings (SSSR count). The van der Waals surface area contributed by atoms with Gasteiger partial charge in [0.05, 0.1) is 11.8 Å². The van der Waals surface area contributed by atoms with E-state index >= 15 is 0 Å². The van der Waals surface area contributed by atoms with Crippen molar-refractivity contribution in [1.29, 1.82) is 0 Å². The number of nitrogens with zero attached hydrogens (tertiary/aromatic N) is 2. The van der Waals surface area contributed by atoms with Gasteiger partial charge in [-0.25, -0.2) is 0 Å². The number of aryl methyl sites for hydroxylation is 2. The van der Waals surface area contributed by atoms with Gasteiger partial charge in [-0.1, -0.05) is 0 Å². The summed E-state index contributed by atoms with van der Waals surface area (Å²) in [7, 11) is 0. The standard InChI is InChI=1S/C16H20N2O2/c1-4-18(10-7-14-5-8-17-9-6-14)16(19)15-12(2)11-20-13(15)3/h5-6,8-9,11H,4,7,10H2,1-3H3. The number of likely N-dealkylation sites (N-methyl/N-ethyl adjacent to an activating group) is 1. The van der Waals surface area contributed by atoms with Crippen LogP contribution in [0.2, 0.25) is 0 Å². The minimum absolute atomic E-state index is 0.0466. The summed E-state index contributed by atoms with van der Waals surface area (Å²) in [5.41, 5.74) is 2.78. The van der Waals surface area contributed by atoms with Gasteiger partial charge in [0.15, 0.2) is 0 Å². The molecule has 0 aromatic carbocycles. The SMILES string of the molecule is CCN(CCc1ccncc1)C(=O)c1c(C)coc1C. The Kier molecular flexibility index (Phi) is 4.56. The molecule has 0 bridgehead atoms. The fourth-order valence-electron chi connectivity index (χ4n) is 2.27. The third-order valence-electron chi connectivity index (χ3n) is 3.46. The average Bonchev–Trinajstić information content (AvgIpc) is 2.79. The Balaban J connectivity index is 2.07. The molecule has 0 radical (unpaired) electrons. The van der Waals surface area contributed by atoms with Gasteiger partial charge in [-0.05, 0) is 44.9 Å². The molecule has 0 saturated carbocycles. The van der Waals surface area contributed by atoms with E-state index in [1.165, 1.54) is 5.56 Å². The second-order valence-corrected chi connectivity index (χ2v) is 4.84. The second kappa shape index (κ2) is 6.37. The molecule has 0 saturated heterocycles. The lowest BCUT2D eigenvalue weighted by Gasteiger charge is -2.21. The Labute approximate surface area is 119 Å². The molecule has 0 aliphatic carbocycles. The van der Waals surface area contributed by atoms with Crippen molar-refractivity contribution in [2.45, 2.75) is 27.2 Å². The lowest BCUT2D eigenvalue weighted by Crippen LogP contribution is -2.33. The molecule has 0 atom stereocenters. The zero-order chi connectivity index (χ0) is 14.5. The maximum absolute atomic E-state index is 12.6. The molecule has 2 aromatic heterocycles. The number of hydrogen-bond acceptors (Lipinski definition) is 3. The molecule has 20 heavy (non-hydrogen) atoms. The Hall–Kier alpha value is -2.10. The van der Waals surface area contributed by atoms with Crippen molar-refractivity contribution in [3.8, 4) is 0 Å². The molecule has 0 aliphatic heterocycles. The molecule has 0 fully saturated rings. The number of rotatable bonds is 5. The van der Waals surface area contributed by atoms with Crippen LogP contribution in [0.4, 0.5) is 0 Å². The Morgan fingerprint density at radius 2 is 2.00 bits per heavy atom. The summed E-state index contributed by atoms with van der Waals surface area (Å²) in [6.07, 6.45) is 6.02. The van der Waals surface area contributed by atoms with Gasteiger partial charge in [-0.15, -0.1) is 0 Å². The van der Waals surface area contributed by atoms with E-state index in [-0.39, 0.29) is 5.91 Å². The molecule has 1 amide bonds. The van der Waals surface area contributed by atoms with Crippen molar-refractivity contribution in [3.63, 3.8) is 0 Å². The largest absolute Gasteiger partial charge is 0.469 e. The number of furan rings is 1. The zero-order valence-electron chi connectivity index (χ0n) is 12.2. The van der Waals surface area contributed by atoms with Crippen molar-refractivity contribution < 1.29 is 9.21 Å². The molecule has 0 aliphatic rings. The van der Waals surface area contributed by atoms with E-state index in [0.717, 1.165) is 12.0 Å². The predicted octanol–water partition coefficient (Wildman–Crippen LogP) is 3.00. The lowest BCUT2D eigenvalue weighted by molar-refractivity contribution is 0.0764. The highest BCUT2D eigenvalue weighted by molar-refractivity contribution is 5.96. The highest BCUT2D eigenvalue weighted by Gasteiger charge is 2.20. The van der Waals surface area contributed by atoms with E-state index < -0.39 is 0 Å². The molecular formula is C16H20N2O2. The van der Waals surface area contributed by atoms with Crippen LogP contribution in [0.5, 0.6) is 0 Å². The number of amides is 1. The minimum Gasteiger partial charge on any atom is -0.469 e. The summed E-state index contributed by atoms with van der Waals surface area (Å²) >= 11 is 0. The first-order valence-electron chi connectivity index (χ1n) is 6.86. The van der Waals surface area contributed by atoms with Crippen LogP contribution in [0.1, 0.15) is 34.2 Å². The zero-order valence-corrected chi connectivity index (χ0v) is 12.2. The molecule has 4 heteroatoms. The van der Waals surface area contributed by atoms with Crippen LogP contribution >= 0.6 is 0 Å². The Morgan fingerprint density at radius 1 is 1.30 bits per heavy atom. The van der Waals surface area contributed by atoms with Crippen molar-refractivity contribution in [1.82, 2.24) is 9.88 Å². The molecule has 2 heterocycles. The monoisotopic (exact) mass is 272 g/mol. The molecule has 0 unspecified atom stereocenters. The molecule has 2 aromatic rings. The van der Waals surface area contributed by atoms with Crippen LogP contribution in [0.15, 0.2) is 35.2 Å². The van der Waals surface area contributed by atoms with Crippen LogP contribution in [0.3, 0.4) is 0 Å².